The number of fused-ring (bicyclic) bond motifs is 3. The first-order valence-electron chi connectivity index (χ1n) is 16.0. The smallest absolute Gasteiger partial charge is 0.143 e. The first kappa shape index (κ1) is 31.2. The van der Waals surface area contributed by atoms with Gasteiger partial charge in [0.1, 0.15) is 29.4 Å². The zero-order chi connectivity index (χ0) is 33.1. The summed E-state index contributed by atoms with van der Waals surface area (Å²) in [6, 6.07) is 42.3. The van der Waals surface area contributed by atoms with Crippen molar-refractivity contribution in [3.8, 4) is 17.6 Å². The lowest BCUT2D eigenvalue weighted by molar-refractivity contribution is -0.0923. The number of rotatable bonds is 10. The number of benzene rings is 5. The summed E-state index contributed by atoms with van der Waals surface area (Å²) in [5.74, 6) is 1.49. The van der Waals surface area contributed by atoms with Crippen molar-refractivity contribution >= 4 is 27.9 Å². The highest BCUT2D eigenvalue weighted by atomic mass is 16.6. The maximum atomic E-state index is 11.5. The molecule has 1 aliphatic rings. The largest absolute Gasteiger partial charge is 0.497 e. The molecule has 48 heavy (non-hydrogen) atoms. The molecule has 0 bridgehead atoms. The highest BCUT2D eigenvalue weighted by Gasteiger charge is 2.42. The second-order valence-corrected chi connectivity index (χ2v) is 11.9. The molecule has 0 amide bonds. The molecular weight excluding hydrogens is 600 g/mol. The van der Waals surface area contributed by atoms with Gasteiger partial charge in [0.25, 0.3) is 0 Å². The zero-order valence-corrected chi connectivity index (χ0v) is 26.8. The van der Waals surface area contributed by atoms with Crippen molar-refractivity contribution < 1.29 is 24.1 Å². The second kappa shape index (κ2) is 13.4. The number of para-hydroxylation sites is 1. The molecule has 0 aliphatic carbocycles. The number of aromatic nitrogens is 1. The topological polar surface area (TPSA) is 85.9 Å². The molecular formula is C41H36N2O5. The fraction of sp³-hybridized carbons (Fsp3) is 0.195. The molecule has 1 aromatic heterocycles. The summed E-state index contributed by atoms with van der Waals surface area (Å²) in [6.07, 6.45) is 1.92. The third-order valence-electron chi connectivity index (χ3n) is 9.21. The molecule has 5 aromatic carbocycles. The van der Waals surface area contributed by atoms with E-state index in [-0.39, 0.29) is 6.61 Å². The number of ether oxygens (including phenoxy) is 4. The highest BCUT2D eigenvalue weighted by molar-refractivity contribution is 6.08. The van der Waals surface area contributed by atoms with Crippen molar-refractivity contribution in [2.75, 3.05) is 20.8 Å². The molecule has 0 radical (unpaired) electrons. The van der Waals surface area contributed by atoms with Crippen LogP contribution in [0.3, 0.4) is 0 Å². The molecule has 7 rings (SSSR count). The van der Waals surface area contributed by atoms with Crippen molar-refractivity contribution in [3.63, 3.8) is 0 Å². The Labute approximate surface area is 279 Å². The van der Waals surface area contributed by atoms with Gasteiger partial charge in [-0.15, -0.1) is 0 Å². The zero-order valence-electron chi connectivity index (χ0n) is 26.8. The highest BCUT2D eigenvalue weighted by Crippen LogP contribution is 2.44. The Bertz CT molecular complexity index is 2050. The Hall–Kier alpha value is -5.39. The van der Waals surface area contributed by atoms with Gasteiger partial charge < -0.3 is 28.6 Å². The summed E-state index contributed by atoms with van der Waals surface area (Å²) in [5.41, 5.74) is 4.69. The van der Waals surface area contributed by atoms with Crippen molar-refractivity contribution in [1.29, 1.82) is 5.26 Å². The number of nitriles is 1. The van der Waals surface area contributed by atoms with E-state index >= 15 is 0 Å². The standard InChI is InChI=1S/C41H36N2O5/c1-45-32-19-15-30(16-20-32)41(29-10-4-3-5-11-29,31-17-21-33(46-2)22-18-31)47-27-39-38(44)26-40(48-39)43-36-13-7-6-12-34(36)35-25-28(9-8-24-42)14-23-37(35)43/h3-23,25,38-40,44H,26-27H2,1-2H3/t38-,39+,40+/m1/s1. The van der Waals surface area contributed by atoms with E-state index in [9.17, 15) is 5.11 Å². The summed E-state index contributed by atoms with van der Waals surface area (Å²) in [6.45, 7) is 0.130. The van der Waals surface area contributed by atoms with Gasteiger partial charge in [-0.3, -0.25) is 0 Å². The van der Waals surface area contributed by atoms with Crippen LogP contribution in [-0.2, 0) is 15.1 Å². The minimum atomic E-state index is -1.03. The minimum absolute atomic E-state index is 0.130. The number of methoxy groups -OCH3 is 2. The van der Waals surface area contributed by atoms with Crippen LogP contribution in [0.1, 0.15) is 34.9 Å². The molecule has 2 heterocycles. The first-order valence-corrected chi connectivity index (χ1v) is 16.0. The van der Waals surface area contributed by atoms with Gasteiger partial charge in [-0.1, -0.05) is 78.9 Å². The van der Waals surface area contributed by atoms with E-state index in [1.54, 1.807) is 20.3 Å². The summed E-state index contributed by atoms with van der Waals surface area (Å²) < 4.78 is 26.9. The number of nitrogens with zero attached hydrogens (tertiary/aromatic N) is 2. The van der Waals surface area contributed by atoms with Gasteiger partial charge >= 0.3 is 0 Å². The fourth-order valence-electron chi connectivity index (χ4n) is 6.87. The van der Waals surface area contributed by atoms with Gasteiger partial charge in [0.15, 0.2) is 0 Å². The average molecular weight is 637 g/mol. The summed E-state index contributed by atoms with van der Waals surface area (Å²) >= 11 is 0. The third kappa shape index (κ3) is 5.61. The summed E-state index contributed by atoms with van der Waals surface area (Å²) in [5, 5.41) is 22.7. The fourth-order valence-corrected chi connectivity index (χ4v) is 6.87. The summed E-state index contributed by atoms with van der Waals surface area (Å²) in [4.78, 5) is 0. The molecule has 1 saturated heterocycles. The van der Waals surface area contributed by atoms with E-state index in [1.165, 1.54) is 6.08 Å². The Morgan fingerprint density at radius 3 is 2.04 bits per heavy atom. The van der Waals surface area contributed by atoms with Crippen LogP contribution in [0.4, 0.5) is 0 Å². The molecule has 0 unspecified atom stereocenters. The molecule has 1 fully saturated rings. The monoisotopic (exact) mass is 636 g/mol. The third-order valence-corrected chi connectivity index (χ3v) is 9.21. The van der Waals surface area contributed by atoms with Gasteiger partial charge in [0, 0.05) is 23.3 Å². The molecule has 1 aliphatic heterocycles. The lowest BCUT2D eigenvalue weighted by Crippen LogP contribution is -2.38. The van der Waals surface area contributed by atoms with Crippen LogP contribution in [0.5, 0.6) is 11.5 Å². The maximum absolute atomic E-state index is 11.5. The summed E-state index contributed by atoms with van der Waals surface area (Å²) in [7, 11) is 3.30. The van der Waals surface area contributed by atoms with Crippen LogP contribution in [0, 0.1) is 11.3 Å². The predicted octanol–water partition coefficient (Wildman–Crippen LogP) is 8.01. The Kier molecular flexibility index (Phi) is 8.70. The van der Waals surface area contributed by atoms with E-state index in [0.717, 1.165) is 55.6 Å². The van der Waals surface area contributed by atoms with E-state index in [2.05, 4.69) is 47.0 Å². The molecule has 240 valence electrons. The Morgan fingerprint density at radius 1 is 0.792 bits per heavy atom. The molecule has 7 heteroatoms. The van der Waals surface area contributed by atoms with E-state index in [0.29, 0.717) is 6.42 Å². The van der Waals surface area contributed by atoms with Gasteiger partial charge in [-0.25, -0.2) is 0 Å². The Morgan fingerprint density at radius 2 is 1.40 bits per heavy atom. The molecule has 1 N–H and O–H groups in total. The van der Waals surface area contributed by atoms with Crippen molar-refractivity contribution in [1.82, 2.24) is 4.57 Å². The predicted molar refractivity (Wildman–Crippen MR) is 187 cm³/mol. The maximum Gasteiger partial charge on any atom is 0.143 e. The molecule has 3 atom stereocenters. The van der Waals surface area contributed by atoms with E-state index in [1.807, 2.05) is 84.9 Å². The van der Waals surface area contributed by atoms with E-state index < -0.39 is 24.0 Å². The van der Waals surface area contributed by atoms with Crippen LogP contribution < -0.4 is 9.47 Å². The van der Waals surface area contributed by atoms with Crippen LogP contribution in [0.15, 0.2) is 127 Å². The van der Waals surface area contributed by atoms with Crippen molar-refractivity contribution in [3.05, 3.63) is 150 Å². The van der Waals surface area contributed by atoms with Crippen LogP contribution in [-0.4, -0.2) is 42.7 Å². The number of hydrogen-bond acceptors (Lipinski definition) is 6. The van der Waals surface area contributed by atoms with Crippen molar-refractivity contribution in [2.45, 2.75) is 30.5 Å². The van der Waals surface area contributed by atoms with Gasteiger partial charge in [-0.2, -0.15) is 5.26 Å². The van der Waals surface area contributed by atoms with Crippen LogP contribution >= 0.6 is 0 Å². The number of hydrogen-bond donors (Lipinski definition) is 1. The van der Waals surface area contributed by atoms with Gasteiger partial charge in [0.05, 0.1) is 44.0 Å². The molecule has 7 nitrogen and oxygen atoms in total. The van der Waals surface area contributed by atoms with Gasteiger partial charge in [-0.05, 0) is 70.8 Å². The number of allylic oxidation sites excluding steroid dienone is 1. The first-order chi connectivity index (χ1) is 23.5. The minimum Gasteiger partial charge on any atom is -0.497 e. The second-order valence-electron chi connectivity index (χ2n) is 11.9. The normalized spacial score (nSPS) is 18.0. The van der Waals surface area contributed by atoms with Crippen LogP contribution in [0.2, 0.25) is 0 Å². The lowest BCUT2D eigenvalue weighted by Gasteiger charge is -2.37. The number of aliphatic hydroxyl groups is 1. The van der Waals surface area contributed by atoms with E-state index in [4.69, 9.17) is 24.2 Å². The Balaban J connectivity index is 1.26. The molecule has 6 aromatic rings. The number of aliphatic hydroxyl groups excluding tert-OH is 1. The van der Waals surface area contributed by atoms with Crippen LogP contribution in [0.25, 0.3) is 27.9 Å². The SMILES string of the molecule is COc1ccc(C(OC[C@@H]2O[C@H](n3c4ccccc4c4cc(C=CC#N)ccc43)C[C@H]2O)(c2ccccc2)c2ccc(OC)cc2)cc1. The lowest BCUT2D eigenvalue weighted by atomic mass is 9.80. The quantitative estimate of drug-likeness (QED) is 0.121. The van der Waals surface area contributed by atoms with Gasteiger partial charge in [0.2, 0.25) is 0 Å². The molecule has 0 spiro atoms. The molecule has 0 saturated carbocycles. The van der Waals surface area contributed by atoms with Crippen molar-refractivity contribution in [2.24, 2.45) is 0 Å². The average Bonchev–Trinajstić information content (AvgIpc) is 3.68.